The highest BCUT2D eigenvalue weighted by Gasteiger charge is 2.38. The maximum Gasteiger partial charge on any atom is 0.244 e. The standard InChI is InChI=1S/C20H22N2O2S/c1-15(2)17-9-7-16(8-10-17)14-22(19-11-12-19)25(23,24)20-6-4-3-5-18(20)13-21/h3-10,15,19H,11-12,14H2,1-2H3. The first-order valence-corrected chi connectivity index (χ1v) is 9.97. The van der Waals surface area contributed by atoms with E-state index in [-0.39, 0.29) is 16.5 Å². The lowest BCUT2D eigenvalue weighted by molar-refractivity contribution is 0.398. The highest BCUT2D eigenvalue weighted by Crippen LogP contribution is 2.34. The molecule has 4 nitrogen and oxygen atoms in total. The van der Waals surface area contributed by atoms with Gasteiger partial charge in [0.1, 0.15) is 6.07 Å². The van der Waals surface area contributed by atoms with Gasteiger partial charge in [-0.1, -0.05) is 50.2 Å². The Hall–Kier alpha value is -2.16. The second kappa shape index (κ2) is 6.99. The van der Waals surface area contributed by atoms with Crippen molar-refractivity contribution in [2.24, 2.45) is 0 Å². The minimum absolute atomic E-state index is 0.0292. The van der Waals surface area contributed by atoms with Crippen molar-refractivity contribution in [2.45, 2.75) is 50.1 Å². The Bertz CT molecular complexity index is 892. The summed E-state index contributed by atoms with van der Waals surface area (Å²) in [6.45, 7) is 4.61. The van der Waals surface area contributed by atoms with E-state index >= 15 is 0 Å². The molecule has 0 bridgehead atoms. The Kier molecular flexibility index (Phi) is 4.94. The fraction of sp³-hybridized carbons (Fsp3) is 0.350. The van der Waals surface area contributed by atoms with E-state index < -0.39 is 10.0 Å². The fourth-order valence-corrected chi connectivity index (χ4v) is 4.69. The van der Waals surface area contributed by atoms with Crippen LogP contribution in [0.4, 0.5) is 0 Å². The quantitative estimate of drug-likeness (QED) is 0.787. The molecule has 2 aromatic rings. The van der Waals surface area contributed by atoms with E-state index in [1.165, 1.54) is 11.6 Å². The third-order valence-corrected chi connectivity index (χ3v) is 6.49. The third-order valence-electron chi connectivity index (χ3n) is 4.53. The summed E-state index contributed by atoms with van der Waals surface area (Å²) in [6, 6.07) is 16.5. The Morgan fingerprint density at radius 1 is 1.12 bits per heavy atom. The van der Waals surface area contributed by atoms with Crippen molar-refractivity contribution < 1.29 is 8.42 Å². The Morgan fingerprint density at radius 3 is 2.32 bits per heavy atom. The minimum atomic E-state index is -3.69. The van der Waals surface area contributed by atoms with E-state index in [2.05, 4.69) is 26.0 Å². The lowest BCUT2D eigenvalue weighted by atomic mass is 10.0. The van der Waals surface area contributed by atoms with Gasteiger partial charge in [0.25, 0.3) is 0 Å². The van der Waals surface area contributed by atoms with Crippen LogP contribution in [0.1, 0.15) is 49.3 Å². The van der Waals surface area contributed by atoms with Gasteiger partial charge in [-0.05, 0) is 42.0 Å². The van der Waals surface area contributed by atoms with Gasteiger partial charge in [-0.25, -0.2) is 8.42 Å². The SMILES string of the molecule is CC(C)c1ccc(CN(C2CC2)S(=O)(=O)c2ccccc2C#N)cc1. The Balaban J connectivity index is 1.92. The number of sulfonamides is 1. The normalized spacial score (nSPS) is 14.7. The summed E-state index contributed by atoms with van der Waals surface area (Å²) in [5, 5.41) is 9.26. The molecule has 0 aliphatic heterocycles. The van der Waals surface area contributed by atoms with Gasteiger partial charge in [0.15, 0.2) is 0 Å². The van der Waals surface area contributed by atoms with Gasteiger partial charge in [0.2, 0.25) is 10.0 Å². The molecule has 1 saturated carbocycles. The van der Waals surface area contributed by atoms with E-state index in [0.717, 1.165) is 18.4 Å². The van der Waals surface area contributed by atoms with Gasteiger partial charge in [-0.2, -0.15) is 9.57 Å². The van der Waals surface area contributed by atoms with Crippen LogP contribution >= 0.6 is 0 Å². The molecule has 0 unspecified atom stereocenters. The molecule has 0 amide bonds. The summed E-state index contributed by atoms with van der Waals surface area (Å²) in [5.41, 5.74) is 2.40. The average molecular weight is 354 g/mol. The van der Waals surface area contributed by atoms with E-state index in [9.17, 15) is 13.7 Å². The van der Waals surface area contributed by atoms with E-state index in [4.69, 9.17) is 0 Å². The van der Waals surface area contributed by atoms with Crippen LogP contribution in [0.2, 0.25) is 0 Å². The number of rotatable bonds is 6. The van der Waals surface area contributed by atoms with Crippen LogP contribution in [-0.4, -0.2) is 18.8 Å². The van der Waals surface area contributed by atoms with Crippen LogP contribution in [0.25, 0.3) is 0 Å². The molecule has 1 aliphatic rings. The molecule has 0 spiro atoms. The van der Waals surface area contributed by atoms with Crippen LogP contribution < -0.4 is 0 Å². The fourth-order valence-electron chi connectivity index (χ4n) is 2.87. The average Bonchev–Trinajstić information content (AvgIpc) is 3.44. The molecule has 25 heavy (non-hydrogen) atoms. The number of nitrogens with zero attached hydrogens (tertiary/aromatic N) is 2. The summed E-state index contributed by atoms with van der Waals surface area (Å²) in [4.78, 5) is 0.100. The summed E-state index contributed by atoms with van der Waals surface area (Å²) in [6.07, 6.45) is 1.75. The first kappa shape index (κ1) is 17.7. The third kappa shape index (κ3) is 3.76. The molecule has 0 N–H and O–H groups in total. The van der Waals surface area contributed by atoms with Crippen molar-refractivity contribution in [3.05, 3.63) is 65.2 Å². The first-order valence-electron chi connectivity index (χ1n) is 8.53. The molecule has 0 saturated heterocycles. The zero-order valence-electron chi connectivity index (χ0n) is 14.5. The lowest BCUT2D eigenvalue weighted by Crippen LogP contribution is -2.33. The van der Waals surface area contributed by atoms with Gasteiger partial charge in [-0.15, -0.1) is 0 Å². The van der Waals surface area contributed by atoms with Gasteiger partial charge >= 0.3 is 0 Å². The number of hydrogen-bond acceptors (Lipinski definition) is 3. The van der Waals surface area contributed by atoms with Gasteiger partial charge in [0.05, 0.1) is 10.5 Å². The van der Waals surface area contributed by atoms with Crippen molar-refractivity contribution in [3.63, 3.8) is 0 Å². The first-order chi connectivity index (χ1) is 11.9. The highest BCUT2D eigenvalue weighted by atomic mass is 32.2. The zero-order chi connectivity index (χ0) is 18.0. The van der Waals surface area contributed by atoms with Crippen molar-refractivity contribution in [2.75, 3.05) is 0 Å². The Labute approximate surface area is 149 Å². The van der Waals surface area contributed by atoms with Crippen LogP contribution in [0.3, 0.4) is 0 Å². The number of hydrogen-bond donors (Lipinski definition) is 0. The Morgan fingerprint density at radius 2 is 1.76 bits per heavy atom. The highest BCUT2D eigenvalue weighted by molar-refractivity contribution is 7.89. The summed E-state index contributed by atoms with van der Waals surface area (Å²) in [7, 11) is -3.69. The summed E-state index contributed by atoms with van der Waals surface area (Å²) >= 11 is 0. The van der Waals surface area contributed by atoms with Crippen LogP contribution in [-0.2, 0) is 16.6 Å². The molecule has 1 aliphatic carbocycles. The predicted octanol–water partition coefficient (Wildman–Crippen LogP) is 4.03. The van der Waals surface area contributed by atoms with Crippen molar-refractivity contribution in [1.82, 2.24) is 4.31 Å². The summed E-state index contributed by atoms with van der Waals surface area (Å²) < 4.78 is 27.8. The molecule has 2 aromatic carbocycles. The monoisotopic (exact) mass is 354 g/mol. The van der Waals surface area contributed by atoms with Gasteiger partial charge in [0, 0.05) is 12.6 Å². The van der Waals surface area contributed by atoms with E-state index in [0.29, 0.717) is 12.5 Å². The van der Waals surface area contributed by atoms with Crippen LogP contribution in [0.15, 0.2) is 53.4 Å². The van der Waals surface area contributed by atoms with Crippen molar-refractivity contribution in [1.29, 1.82) is 5.26 Å². The molecule has 0 heterocycles. The molecule has 130 valence electrons. The van der Waals surface area contributed by atoms with Crippen molar-refractivity contribution >= 4 is 10.0 Å². The zero-order valence-corrected chi connectivity index (χ0v) is 15.3. The maximum absolute atomic E-state index is 13.1. The van der Waals surface area contributed by atoms with Crippen LogP contribution in [0.5, 0.6) is 0 Å². The van der Waals surface area contributed by atoms with Gasteiger partial charge < -0.3 is 0 Å². The predicted molar refractivity (Wildman–Crippen MR) is 97.4 cm³/mol. The van der Waals surface area contributed by atoms with Crippen LogP contribution in [0, 0.1) is 11.3 Å². The molecule has 0 atom stereocenters. The van der Waals surface area contributed by atoms with E-state index in [1.54, 1.807) is 22.5 Å². The number of nitriles is 1. The molecule has 5 heteroatoms. The van der Waals surface area contributed by atoms with Gasteiger partial charge in [-0.3, -0.25) is 0 Å². The lowest BCUT2D eigenvalue weighted by Gasteiger charge is -2.23. The molecule has 3 rings (SSSR count). The molecule has 1 fully saturated rings. The smallest absolute Gasteiger partial charge is 0.207 e. The number of benzene rings is 2. The van der Waals surface area contributed by atoms with E-state index in [1.807, 2.05) is 18.2 Å². The minimum Gasteiger partial charge on any atom is -0.207 e. The second-order valence-electron chi connectivity index (χ2n) is 6.79. The molecular formula is C20H22N2O2S. The topological polar surface area (TPSA) is 61.2 Å². The van der Waals surface area contributed by atoms with Crippen molar-refractivity contribution in [3.8, 4) is 6.07 Å². The molecule has 0 aromatic heterocycles. The second-order valence-corrected chi connectivity index (χ2v) is 8.64. The molecule has 0 radical (unpaired) electrons. The maximum atomic E-state index is 13.1. The largest absolute Gasteiger partial charge is 0.244 e. The summed E-state index contributed by atoms with van der Waals surface area (Å²) in [5.74, 6) is 0.444. The molecular weight excluding hydrogens is 332 g/mol.